The van der Waals surface area contributed by atoms with Gasteiger partial charge in [0.1, 0.15) is 12.4 Å². The first-order valence-corrected chi connectivity index (χ1v) is 17.5. The highest BCUT2D eigenvalue weighted by atomic mass is 127. The normalized spacial score (nSPS) is 15.1. The fraction of sp³-hybridized carbons (Fsp3) is 0.333. The van der Waals surface area contributed by atoms with Gasteiger partial charge < -0.3 is 10.1 Å². The minimum absolute atomic E-state index is 0.220. The highest BCUT2D eigenvalue weighted by molar-refractivity contribution is 14.1. The maximum Gasteiger partial charge on any atom is 0.255 e. The first-order valence-electron chi connectivity index (χ1n) is 12.5. The molecule has 2 heterocycles. The average Bonchev–Trinajstić information content (AvgIpc) is 2.90. The second-order valence-electron chi connectivity index (χ2n) is 9.61. The molecule has 0 bridgehead atoms. The van der Waals surface area contributed by atoms with Crippen molar-refractivity contribution in [2.45, 2.75) is 5.75 Å². The molecular weight excluding hydrogens is 667 g/mol. The number of hydrogen-bond acceptors (Lipinski definition) is 8. The zero-order valence-corrected chi connectivity index (χ0v) is 26.0. The van der Waals surface area contributed by atoms with Crippen LogP contribution in [0.4, 0.5) is 5.69 Å². The molecule has 1 aliphatic rings. The largest absolute Gasteiger partial charge is 0.492 e. The van der Waals surface area contributed by atoms with Gasteiger partial charge >= 0.3 is 0 Å². The molecule has 214 valence electrons. The Morgan fingerprint density at radius 1 is 1.00 bits per heavy atom. The number of sulfonamides is 1. The summed E-state index contributed by atoms with van der Waals surface area (Å²) in [7, 11) is -6.56. The second kappa shape index (κ2) is 12.9. The van der Waals surface area contributed by atoms with Crippen LogP contribution in [0.1, 0.15) is 15.9 Å². The van der Waals surface area contributed by atoms with Crippen molar-refractivity contribution in [3.8, 4) is 17.0 Å². The zero-order valence-electron chi connectivity index (χ0n) is 22.2. The van der Waals surface area contributed by atoms with Gasteiger partial charge in [0, 0.05) is 71.1 Å². The van der Waals surface area contributed by atoms with Gasteiger partial charge in [-0.2, -0.15) is 4.31 Å². The molecule has 1 fully saturated rings. The number of hydrogen-bond donors (Lipinski definition) is 1. The maximum atomic E-state index is 13.2. The van der Waals surface area contributed by atoms with E-state index >= 15 is 0 Å². The summed E-state index contributed by atoms with van der Waals surface area (Å²) in [6.45, 7) is 2.76. The minimum Gasteiger partial charge on any atom is -0.492 e. The number of piperazine rings is 1. The Balaban J connectivity index is 1.46. The van der Waals surface area contributed by atoms with Gasteiger partial charge in [-0.1, -0.05) is 12.1 Å². The fourth-order valence-electron chi connectivity index (χ4n) is 4.33. The summed E-state index contributed by atoms with van der Waals surface area (Å²) in [5.41, 5.74) is 3.08. The van der Waals surface area contributed by atoms with Crippen LogP contribution >= 0.6 is 22.6 Å². The Kier molecular flexibility index (Phi) is 9.82. The molecule has 0 aliphatic carbocycles. The third-order valence-electron chi connectivity index (χ3n) is 6.38. The van der Waals surface area contributed by atoms with E-state index in [0.717, 1.165) is 21.1 Å². The summed E-state index contributed by atoms with van der Waals surface area (Å²) in [5, 5.41) is 2.91. The molecule has 0 atom stereocenters. The highest BCUT2D eigenvalue weighted by Crippen LogP contribution is 2.28. The van der Waals surface area contributed by atoms with Gasteiger partial charge in [-0.05, 0) is 65.1 Å². The predicted octanol–water partition coefficient (Wildman–Crippen LogP) is 3.11. The lowest BCUT2D eigenvalue weighted by Crippen LogP contribution is -2.49. The number of pyridine rings is 1. The first-order chi connectivity index (χ1) is 18.9. The molecule has 0 unspecified atom stereocenters. The molecule has 1 aromatic heterocycles. The molecule has 40 heavy (non-hydrogen) atoms. The van der Waals surface area contributed by atoms with E-state index in [9.17, 15) is 21.6 Å². The molecular formula is C27H31IN4O6S2. The molecule has 0 radical (unpaired) electrons. The van der Waals surface area contributed by atoms with Crippen molar-refractivity contribution in [2.24, 2.45) is 0 Å². The van der Waals surface area contributed by atoms with Crippen LogP contribution in [0.15, 0.2) is 60.8 Å². The van der Waals surface area contributed by atoms with Crippen molar-refractivity contribution in [1.29, 1.82) is 0 Å². The first kappa shape index (κ1) is 30.4. The Hall–Kier alpha value is -2.59. The molecule has 13 heteroatoms. The van der Waals surface area contributed by atoms with E-state index in [1.165, 1.54) is 10.6 Å². The van der Waals surface area contributed by atoms with Crippen LogP contribution in [-0.2, 0) is 25.6 Å². The van der Waals surface area contributed by atoms with Gasteiger partial charge in [0.25, 0.3) is 5.91 Å². The van der Waals surface area contributed by atoms with Crippen LogP contribution in [0.2, 0.25) is 0 Å². The highest BCUT2D eigenvalue weighted by Gasteiger charge is 2.23. The Morgan fingerprint density at radius 3 is 2.40 bits per heavy atom. The van der Waals surface area contributed by atoms with Crippen molar-refractivity contribution in [1.82, 2.24) is 14.2 Å². The van der Waals surface area contributed by atoms with Crippen LogP contribution in [-0.4, -0.2) is 88.8 Å². The minimum atomic E-state index is -3.34. The molecule has 10 nitrogen and oxygen atoms in total. The number of carbonyl (C=O) groups is 1. The molecule has 0 saturated carbocycles. The average molecular weight is 699 g/mol. The third kappa shape index (κ3) is 8.46. The summed E-state index contributed by atoms with van der Waals surface area (Å²) in [6.07, 6.45) is 4.07. The molecule has 1 saturated heterocycles. The second-order valence-corrected chi connectivity index (χ2v) is 14.9. The quantitative estimate of drug-likeness (QED) is 0.321. The van der Waals surface area contributed by atoms with Crippen LogP contribution in [0, 0.1) is 3.57 Å². The molecule has 0 spiro atoms. The lowest BCUT2D eigenvalue weighted by Gasteiger charge is -2.33. The number of carbonyl (C=O) groups excluding carboxylic acids is 1. The summed E-state index contributed by atoms with van der Waals surface area (Å²) < 4.78 is 55.9. The SMILES string of the molecule is CS(=O)(=O)Cc1ccc(C(=O)Nc2ccc(I)c(-c3ccccn3)c2)cc1OCCN1CCN(S(C)(=O)=O)CC1. The number of sulfone groups is 1. The van der Waals surface area contributed by atoms with E-state index < -0.39 is 19.9 Å². The summed E-state index contributed by atoms with van der Waals surface area (Å²) in [4.78, 5) is 19.7. The molecule has 4 rings (SSSR count). The van der Waals surface area contributed by atoms with Crippen molar-refractivity contribution in [3.63, 3.8) is 0 Å². The van der Waals surface area contributed by atoms with Gasteiger partial charge in [-0.15, -0.1) is 0 Å². The number of nitrogens with zero attached hydrogens (tertiary/aromatic N) is 3. The van der Waals surface area contributed by atoms with Crippen molar-refractivity contribution in [2.75, 3.05) is 57.2 Å². The zero-order chi connectivity index (χ0) is 28.9. The van der Waals surface area contributed by atoms with Crippen LogP contribution in [0.3, 0.4) is 0 Å². The van der Waals surface area contributed by atoms with E-state index in [2.05, 4.69) is 37.8 Å². The van der Waals surface area contributed by atoms with E-state index in [1.807, 2.05) is 36.4 Å². The monoisotopic (exact) mass is 698 g/mol. The maximum absolute atomic E-state index is 13.2. The molecule has 1 amide bonds. The topological polar surface area (TPSA) is 126 Å². The van der Waals surface area contributed by atoms with Crippen LogP contribution in [0.5, 0.6) is 5.75 Å². The van der Waals surface area contributed by atoms with Crippen molar-refractivity contribution < 1.29 is 26.4 Å². The van der Waals surface area contributed by atoms with Gasteiger partial charge in [0.15, 0.2) is 9.84 Å². The molecule has 2 aromatic carbocycles. The molecule has 3 aromatic rings. The van der Waals surface area contributed by atoms with Crippen LogP contribution < -0.4 is 10.1 Å². The van der Waals surface area contributed by atoms with Gasteiger partial charge in [0.2, 0.25) is 10.0 Å². The summed E-state index contributed by atoms with van der Waals surface area (Å²) in [6, 6.07) is 16.0. The number of nitrogens with one attached hydrogen (secondary N) is 1. The smallest absolute Gasteiger partial charge is 0.255 e. The molecule has 1 N–H and O–H groups in total. The summed E-state index contributed by atoms with van der Waals surface area (Å²) in [5.74, 6) is -0.257. The number of rotatable bonds is 10. The van der Waals surface area contributed by atoms with Crippen LogP contribution in [0.25, 0.3) is 11.3 Å². The fourth-order valence-corrected chi connectivity index (χ4v) is 6.57. The summed E-state index contributed by atoms with van der Waals surface area (Å²) >= 11 is 2.23. The van der Waals surface area contributed by atoms with Gasteiger partial charge in [-0.25, -0.2) is 16.8 Å². The van der Waals surface area contributed by atoms with Gasteiger partial charge in [0.05, 0.1) is 17.7 Å². The number of aromatic nitrogens is 1. The number of amides is 1. The van der Waals surface area contributed by atoms with Gasteiger partial charge in [-0.3, -0.25) is 14.7 Å². The number of anilines is 1. The van der Waals surface area contributed by atoms with E-state index in [-0.39, 0.29) is 18.3 Å². The van der Waals surface area contributed by atoms with Crippen molar-refractivity contribution in [3.05, 3.63) is 75.5 Å². The number of halogens is 1. The lowest BCUT2D eigenvalue weighted by atomic mass is 10.1. The van der Waals surface area contributed by atoms with E-state index in [1.54, 1.807) is 24.4 Å². The Bertz CT molecular complexity index is 1580. The number of benzene rings is 2. The third-order valence-corrected chi connectivity index (χ3v) is 9.46. The van der Waals surface area contributed by atoms with E-state index in [4.69, 9.17) is 4.74 Å². The van der Waals surface area contributed by atoms with Crippen molar-refractivity contribution >= 4 is 54.0 Å². The predicted molar refractivity (Wildman–Crippen MR) is 164 cm³/mol. The Labute approximate surface area is 248 Å². The van der Waals surface area contributed by atoms with E-state index in [0.29, 0.717) is 55.3 Å². The standard InChI is InChI=1S/C27H31IN4O6S2/c1-39(34,35)19-21-7-6-20(17-26(21)38-16-15-31-11-13-32(14-12-31)40(2,36)37)27(33)30-22-8-9-24(28)23(18-22)25-5-3-4-10-29-25/h3-10,17-18H,11-16,19H2,1-2H3,(H,30,33). The lowest BCUT2D eigenvalue weighted by molar-refractivity contribution is 0.102. The molecule has 1 aliphatic heterocycles. The number of ether oxygens (including phenoxy) is 1. The Morgan fingerprint density at radius 2 is 1.75 bits per heavy atom.